The highest BCUT2D eigenvalue weighted by atomic mass is 32.2. The summed E-state index contributed by atoms with van der Waals surface area (Å²) in [6.45, 7) is 3.89. The van der Waals surface area contributed by atoms with E-state index in [0.29, 0.717) is 4.90 Å². The average Bonchev–Trinajstić information content (AvgIpc) is 2.32. The van der Waals surface area contributed by atoms with Crippen molar-refractivity contribution < 1.29 is 10.2 Å². The molecule has 0 bridgehead atoms. The van der Waals surface area contributed by atoms with Gasteiger partial charge in [-0.3, -0.25) is 0 Å². The highest BCUT2D eigenvalue weighted by molar-refractivity contribution is 7.99. The fourth-order valence-electron chi connectivity index (χ4n) is 1.80. The molecule has 0 fully saturated rings. The molecule has 0 radical (unpaired) electrons. The number of nitrogens with two attached hydrogens (primary N) is 1. The molecule has 0 aliphatic rings. The van der Waals surface area contributed by atoms with E-state index in [0.717, 1.165) is 10.5 Å². The first-order valence-electron chi connectivity index (χ1n) is 5.96. The Morgan fingerprint density at radius 3 is 2.32 bits per heavy atom. The molecule has 0 aliphatic heterocycles. The van der Waals surface area contributed by atoms with Crippen LogP contribution in [-0.2, 0) is 5.54 Å². The molecule has 2 aromatic rings. The quantitative estimate of drug-likeness (QED) is 0.802. The molecule has 2 rings (SSSR count). The molecule has 0 amide bonds. The maximum Gasteiger partial charge on any atom is 0.133 e. The van der Waals surface area contributed by atoms with Gasteiger partial charge in [0.1, 0.15) is 11.5 Å². The minimum absolute atomic E-state index is 0.0503. The van der Waals surface area contributed by atoms with E-state index in [1.807, 2.05) is 38.1 Å². The molecule has 3 nitrogen and oxygen atoms in total. The van der Waals surface area contributed by atoms with E-state index in [4.69, 9.17) is 5.73 Å². The Morgan fingerprint density at radius 1 is 1.00 bits per heavy atom. The Kier molecular flexibility index (Phi) is 3.73. The van der Waals surface area contributed by atoms with E-state index < -0.39 is 5.54 Å². The standard InChI is InChI=1S/C15H17NO2S/c1-15(2,16)11-5-3-4-6-13(11)19-14-8-7-10(17)9-12(14)18/h3-9,17-18H,16H2,1-2H3. The van der Waals surface area contributed by atoms with Crippen LogP contribution in [0.3, 0.4) is 0 Å². The van der Waals surface area contributed by atoms with Gasteiger partial charge in [0.25, 0.3) is 0 Å². The van der Waals surface area contributed by atoms with Crippen LogP contribution in [0.15, 0.2) is 52.3 Å². The van der Waals surface area contributed by atoms with Gasteiger partial charge < -0.3 is 15.9 Å². The summed E-state index contributed by atoms with van der Waals surface area (Å²) in [4.78, 5) is 1.69. The van der Waals surface area contributed by atoms with Crippen LogP contribution in [0.1, 0.15) is 19.4 Å². The summed E-state index contributed by atoms with van der Waals surface area (Å²) >= 11 is 1.44. The zero-order valence-corrected chi connectivity index (χ0v) is 11.7. The largest absolute Gasteiger partial charge is 0.508 e. The third kappa shape index (κ3) is 3.22. The van der Waals surface area contributed by atoms with Crippen molar-refractivity contribution in [3.8, 4) is 11.5 Å². The summed E-state index contributed by atoms with van der Waals surface area (Å²) in [5.41, 5.74) is 6.73. The topological polar surface area (TPSA) is 66.5 Å². The lowest BCUT2D eigenvalue weighted by molar-refractivity contribution is 0.442. The molecular formula is C15H17NO2S. The van der Waals surface area contributed by atoms with E-state index in [-0.39, 0.29) is 11.5 Å². The van der Waals surface area contributed by atoms with Crippen molar-refractivity contribution in [3.63, 3.8) is 0 Å². The molecule has 4 N–H and O–H groups in total. The van der Waals surface area contributed by atoms with E-state index in [1.165, 1.54) is 17.8 Å². The van der Waals surface area contributed by atoms with Gasteiger partial charge in [-0.05, 0) is 37.6 Å². The SMILES string of the molecule is CC(C)(N)c1ccccc1Sc1ccc(O)cc1O. The van der Waals surface area contributed by atoms with Gasteiger partial charge in [-0.1, -0.05) is 30.0 Å². The molecule has 0 aliphatic carbocycles. The van der Waals surface area contributed by atoms with Gasteiger partial charge in [0.05, 0.1) is 4.90 Å². The summed E-state index contributed by atoms with van der Waals surface area (Å²) in [6, 6.07) is 12.4. The third-order valence-corrected chi connectivity index (χ3v) is 3.88. The first-order chi connectivity index (χ1) is 8.88. The highest BCUT2D eigenvalue weighted by Gasteiger charge is 2.19. The minimum Gasteiger partial charge on any atom is -0.508 e. The molecule has 100 valence electrons. The van der Waals surface area contributed by atoms with Crippen molar-refractivity contribution in [2.75, 3.05) is 0 Å². The first kappa shape index (κ1) is 13.8. The number of phenols is 2. The molecule has 4 heteroatoms. The second-order valence-electron chi connectivity index (χ2n) is 4.97. The zero-order chi connectivity index (χ0) is 14.0. The fraction of sp³-hybridized carbons (Fsp3) is 0.200. The third-order valence-electron chi connectivity index (χ3n) is 2.74. The molecule has 0 atom stereocenters. The Bertz CT molecular complexity index is 591. The van der Waals surface area contributed by atoms with Crippen molar-refractivity contribution in [2.45, 2.75) is 29.2 Å². The molecule has 0 aromatic heterocycles. The van der Waals surface area contributed by atoms with E-state index in [2.05, 4.69) is 0 Å². The summed E-state index contributed by atoms with van der Waals surface area (Å²) < 4.78 is 0. The highest BCUT2D eigenvalue weighted by Crippen LogP contribution is 2.39. The number of aromatic hydroxyl groups is 2. The van der Waals surface area contributed by atoms with Crippen molar-refractivity contribution in [2.24, 2.45) is 5.73 Å². The summed E-state index contributed by atoms with van der Waals surface area (Å²) in [7, 11) is 0. The number of hydrogen-bond donors (Lipinski definition) is 3. The number of phenolic OH excluding ortho intramolecular Hbond substituents is 2. The summed E-state index contributed by atoms with van der Waals surface area (Å²) in [5.74, 6) is 0.115. The second kappa shape index (κ2) is 5.15. The molecule has 0 spiro atoms. The van der Waals surface area contributed by atoms with Gasteiger partial charge >= 0.3 is 0 Å². The van der Waals surface area contributed by atoms with Crippen molar-refractivity contribution in [3.05, 3.63) is 48.0 Å². The molecule has 0 saturated heterocycles. The molecule has 0 heterocycles. The van der Waals surface area contributed by atoms with Crippen molar-refractivity contribution in [1.82, 2.24) is 0 Å². The summed E-state index contributed by atoms with van der Waals surface area (Å²) in [5, 5.41) is 19.1. The number of hydrogen-bond acceptors (Lipinski definition) is 4. The van der Waals surface area contributed by atoms with Crippen molar-refractivity contribution >= 4 is 11.8 Å². The van der Waals surface area contributed by atoms with Crippen molar-refractivity contribution in [1.29, 1.82) is 0 Å². The maximum atomic E-state index is 9.83. The second-order valence-corrected chi connectivity index (χ2v) is 6.06. The lowest BCUT2D eigenvalue weighted by atomic mass is 9.96. The Labute approximate surface area is 117 Å². The predicted octanol–water partition coefficient (Wildman–Crippen LogP) is 3.44. The molecular weight excluding hydrogens is 258 g/mol. The molecule has 2 aromatic carbocycles. The Balaban J connectivity index is 2.39. The van der Waals surface area contributed by atoms with Crippen LogP contribution in [0.4, 0.5) is 0 Å². The first-order valence-corrected chi connectivity index (χ1v) is 6.78. The van der Waals surface area contributed by atoms with Gasteiger partial charge in [-0.2, -0.15) is 0 Å². The van der Waals surface area contributed by atoms with E-state index in [9.17, 15) is 10.2 Å². The Hall–Kier alpha value is -1.65. The summed E-state index contributed by atoms with van der Waals surface area (Å²) in [6.07, 6.45) is 0. The van der Waals surface area contributed by atoms with Crippen LogP contribution in [0.25, 0.3) is 0 Å². The average molecular weight is 275 g/mol. The smallest absolute Gasteiger partial charge is 0.133 e. The number of rotatable bonds is 3. The minimum atomic E-state index is -0.448. The Morgan fingerprint density at radius 2 is 1.68 bits per heavy atom. The van der Waals surface area contributed by atoms with Gasteiger partial charge in [-0.25, -0.2) is 0 Å². The van der Waals surface area contributed by atoms with Crippen LogP contribution in [-0.4, -0.2) is 10.2 Å². The lowest BCUT2D eigenvalue weighted by Crippen LogP contribution is -2.29. The van der Waals surface area contributed by atoms with Gasteiger partial charge in [0.15, 0.2) is 0 Å². The van der Waals surface area contributed by atoms with Gasteiger partial charge in [-0.15, -0.1) is 0 Å². The van der Waals surface area contributed by atoms with Crippen LogP contribution in [0.2, 0.25) is 0 Å². The van der Waals surface area contributed by atoms with Crippen LogP contribution in [0.5, 0.6) is 11.5 Å². The van der Waals surface area contributed by atoms with Crippen LogP contribution >= 0.6 is 11.8 Å². The van der Waals surface area contributed by atoms with Crippen LogP contribution < -0.4 is 5.73 Å². The predicted molar refractivity (Wildman–Crippen MR) is 77.6 cm³/mol. The molecule has 0 unspecified atom stereocenters. The molecule has 0 saturated carbocycles. The zero-order valence-electron chi connectivity index (χ0n) is 10.9. The van der Waals surface area contributed by atoms with Gasteiger partial charge in [0, 0.05) is 16.5 Å². The van der Waals surface area contributed by atoms with E-state index >= 15 is 0 Å². The molecule has 19 heavy (non-hydrogen) atoms. The van der Waals surface area contributed by atoms with E-state index in [1.54, 1.807) is 12.1 Å². The fourth-order valence-corrected chi connectivity index (χ4v) is 2.92. The number of benzene rings is 2. The lowest BCUT2D eigenvalue weighted by Gasteiger charge is -2.22. The normalized spacial score (nSPS) is 11.5. The monoisotopic (exact) mass is 275 g/mol. The van der Waals surface area contributed by atoms with Gasteiger partial charge in [0.2, 0.25) is 0 Å². The van der Waals surface area contributed by atoms with Crippen LogP contribution in [0, 0.1) is 0 Å². The maximum absolute atomic E-state index is 9.83.